The van der Waals surface area contributed by atoms with Crippen molar-refractivity contribution >= 4 is 29.3 Å². The molecule has 4 rings (SSSR count). The summed E-state index contributed by atoms with van der Waals surface area (Å²) in [7, 11) is 0. The SMILES string of the molecule is CC(C)(C)OC(=O)Nc1ccc(CC(=O)N2CCC(N3C(=O)CCc4ccccc43)CC2)cc1. The topological polar surface area (TPSA) is 79.0 Å². The van der Waals surface area contributed by atoms with Crippen LogP contribution < -0.4 is 10.2 Å². The average molecular weight is 464 g/mol. The highest BCUT2D eigenvalue weighted by molar-refractivity contribution is 5.97. The number of ether oxygens (including phenoxy) is 1. The van der Waals surface area contributed by atoms with Crippen LogP contribution in [-0.4, -0.2) is 47.5 Å². The lowest BCUT2D eigenvalue weighted by molar-refractivity contribution is -0.131. The minimum Gasteiger partial charge on any atom is -0.444 e. The summed E-state index contributed by atoms with van der Waals surface area (Å²) in [5.41, 5.74) is 3.21. The number of amides is 3. The summed E-state index contributed by atoms with van der Waals surface area (Å²) in [6.07, 6.45) is 2.72. The number of hydrogen-bond acceptors (Lipinski definition) is 4. The minimum absolute atomic E-state index is 0.0803. The third-order valence-electron chi connectivity index (χ3n) is 6.26. The van der Waals surface area contributed by atoms with Gasteiger partial charge < -0.3 is 14.5 Å². The number of nitrogens with zero attached hydrogens (tertiary/aromatic N) is 2. The first-order valence-electron chi connectivity index (χ1n) is 12.0. The summed E-state index contributed by atoms with van der Waals surface area (Å²) < 4.78 is 5.26. The molecule has 1 N–H and O–H groups in total. The zero-order chi connectivity index (χ0) is 24.3. The van der Waals surface area contributed by atoms with Crippen LogP contribution in [0, 0.1) is 0 Å². The molecule has 2 aromatic carbocycles. The maximum Gasteiger partial charge on any atom is 0.412 e. The fourth-order valence-electron chi connectivity index (χ4n) is 4.64. The first kappa shape index (κ1) is 23.8. The largest absolute Gasteiger partial charge is 0.444 e. The van der Waals surface area contributed by atoms with E-state index in [9.17, 15) is 14.4 Å². The number of piperidine rings is 1. The molecule has 2 heterocycles. The molecule has 7 nitrogen and oxygen atoms in total. The first-order valence-corrected chi connectivity index (χ1v) is 12.0. The van der Waals surface area contributed by atoms with E-state index >= 15 is 0 Å². The Morgan fingerprint density at radius 2 is 1.68 bits per heavy atom. The van der Waals surface area contributed by atoms with E-state index in [-0.39, 0.29) is 17.9 Å². The highest BCUT2D eigenvalue weighted by Crippen LogP contribution is 2.32. The molecule has 0 atom stereocenters. The summed E-state index contributed by atoms with van der Waals surface area (Å²) in [5, 5.41) is 2.70. The number of fused-ring (bicyclic) bond motifs is 1. The predicted molar refractivity (Wildman–Crippen MR) is 132 cm³/mol. The smallest absolute Gasteiger partial charge is 0.412 e. The van der Waals surface area contributed by atoms with E-state index in [0.717, 1.165) is 30.5 Å². The molecule has 2 aliphatic rings. The molecule has 0 aromatic heterocycles. The van der Waals surface area contributed by atoms with Crippen molar-refractivity contribution in [1.82, 2.24) is 4.90 Å². The van der Waals surface area contributed by atoms with Crippen LogP contribution in [0.25, 0.3) is 0 Å². The number of hydrogen-bond donors (Lipinski definition) is 1. The number of carbonyl (C=O) groups is 3. The Balaban J connectivity index is 1.30. The number of carbonyl (C=O) groups excluding carboxylic acids is 3. The molecule has 34 heavy (non-hydrogen) atoms. The van der Waals surface area contributed by atoms with Crippen molar-refractivity contribution in [1.29, 1.82) is 0 Å². The maximum absolute atomic E-state index is 12.9. The van der Waals surface area contributed by atoms with Crippen LogP contribution in [0.1, 0.15) is 51.2 Å². The summed E-state index contributed by atoms with van der Waals surface area (Å²) >= 11 is 0. The van der Waals surface area contributed by atoms with Crippen LogP contribution in [0.5, 0.6) is 0 Å². The molecule has 0 radical (unpaired) electrons. The van der Waals surface area contributed by atoms with Gasteiger partial charge in [0.25, 0.3) is 0 Å². The number of aryl methyl sites for hydroxylation is 1. The Bertz CT molecular complexity index is 1050. The van der Waals surface area contributed by atoms with Crippen molar-refractivity contribution in [3.8, 4) is 0 Å². The highest BCUT2D eigenvalue weighted by atomic mass is 16.6. The lowest BCUT2D eigenvalue weighted by Gasteiger charge is -2.41. The van der Waals surface area contributed by atoms with E-state index in [1.165, 1.54) is 5.56 Å². The molecular weight excluding hydrogens is 430 g/mol. The van der Waals surface area contributed by atoms with Gasteiger partial charge in [-0.2, -0.15) is 0 Å². The molecule has 0 spiro atoms. The number of benzene rings is 2. The maximum atomic E-state index is 12.9. The number of anilines is 2. The van der Waals surface area contributed by atoms with E-state index in [4.69, 9.17) is 4.74 Å². The van der Waals surface area contributed by atoms with Crippen LogP contribution in [0.2, 0.25) is 0 Å². The van der Waals surface area contributed by atoms with Gasteiger partial charge in [-0.15, -0.1) is 0 Å². The zero-order valence-corrected chi connectivity index (χ0v) is 20.2. The quantitative estimate of drug-likeness (QED) is 0.722. The third-order valence-corrected chi connectivity index (χ3v) is 6.26. The van der Waals surface area contributed by atoms with Crippen molar-refractivity contribution in [3.05, 3.63) is 59.7 Å². The normalized spacial score (nSPS) is 16.7. The van der Waals surface area contributed by atoms with Crippen LogP contribution in [-0.2, 0) is 27.2 Å². The number of para-hydroxylation sites is 1. The Labute approximate surface area is 201 Å². The van der Waals surface area contributed by atoms with Gasteiger partial charge in [0.1, 0.15) is 5.60 Å². The molecule has 7 heteroatoms. The standard InChI is InChI=1S/C27H33N3O4/c1-27(2,3)34-26(33)28-21-11-8-19(9-12-21)18-25(32)29-16-14-22(15-17-29)30-23-7-5-4-6-20(23)10-13-24(30)31/h4-9,11-12,22H,10,13-18H2,1-3H3,(H,28,33). The molecule has 2 aromatic rings. The van der Waals surface area contributed by atoms with Crippen LogP contribution >= 0.6 is 0 Å². The molecular formula is C27H33N3O4. The van der Waals surface area contributed by atoms with Crippen molar-refractivity contribution in [2.24, 2.45) is 0 Å². The lowest BCUT2D eigenvalue weighted by Crippen LogP contribution is -2.50. The molecule has 180 valence electrons. The third kappa shape index (κ3) is 5.76. The number of nitrogens with one attached hydrogen (secondary N) is 1. The Kier molecular flexibility index (Phi) is 6.91. The van der Waals surface area contributed by atoms with Gasteiger partial charge in [0.15, 0.2) is 0 Å². The Morgan fingerprint density at radius 1 is 1.00 bits per heavy atom. The molecule has 3 amide bonds. The number of rotatable bonds is 4. The van der Waals surface area contributed by atoms with Crippen molar-refractivity contribution < 1.29 is 19.1 Å². The molecule has 1 fully saturated rings. The summed E-state index contributed by atoms with van der Waals surface area (Å²) in [5.74, 6) is 0.264. The molecule has 0 bridgehead atoms. The van der Waals surface area contributed by atoms with E-state index in [1.807, 2.05) is 60.9 Å². The summed E-state index contributed by atoms with van der Waals surface area (Å²) in [6, 6.07) is 15.5. The second kappa shape index (κ2) is 9.87. The molecule has 0 saturated carbocycles. The van der Waals surface area contributed by atoms with Crippen LogP contribution in [0.15, 0.2) is 48.5 Å². The Hall–Kier alpha value is -3.35. The van der Waals surface area contributed by atoms with E-state index in [0.29, 0.717) is 31.6 Å². The van der Waals surface area contributed by atoms with E-state index in [2.05, 4.69) is 11.4 Å². The average Bonchev–Trinajstić information content (AvgIpc) is 2.79. The predicted octanol–water partition coefficient (Wildman–Crippen LogP) is 4.55. The van der Waals surface area contributed by atoms with Gasteiger partial charge in [-0.25, -0.2) is 4.79 Å². The fraction of sp³-hybridized carbons (Fsp3) is 0.444. The second-order valence-corrected chi connectivity index (χ2v) is 10.0. The zero-order valence-electron chi connectivity index (χ0n) is 20.2. The lowest BCUT2D eigenvalue weighted by atomic mass is 9.95. The van der Waals surface area contributed by atoms with Gasteiger partial charge >= 0.3 is 6.09 Å². The van der Waals surface area contributed by atoms with E-state index < -0.39 is 11.7 Å². The van der Waals surface area contributed by atoms with Gasteiger partial charge in [-0.3, -0.25) is 14.9 Å². The summed E-state index contributed by atoms with van der Waals surface area (Å²) in [4.78, 5) is 41.3. The van der Waals surface area contributed by atoms with Crippen LogP contribution in [0.3, 0.4) is 0 Å². The monoisotopic (exact) mass is 463 g/mol. The molecule has 0 unspecified atom stereocenters. The van der Waals surface area contributed by atoms with Crippen molar-refractivity contribution in [3.63, 3.8) is 0 Å². The van der Waals surface area contributed by atoms with Gasteiger partial charge in [0.2, 0.25) is 11.8 Å². The van der Waals surface area contributed by atoms with Crippen molar-refractivity contribution in [2.75, 3.05) is 23.3 Å². The minimum atomic E-state index is -0.561. The van der Waals surface area contributed by atoms with Gasteiger partial charge in [0, 0.05) is 36.9 Å². The summed E-state index contributed by atoms with van der Waals surface area (Å²) in [6.45, 7) is 6.73. The van der Waals surface area contributed by atoms with Gasteiger partial charge in [0.05, 0.1) is 6.42 Å². The van der Waals surface area contributed by atoms with Gasteiger partial charge in [-0.05, 0) is 69.4 Å². The van der Waals surface area contributed by atoms with Gasteiger partial charge in [-0.1, -0.05) is 30.3 Å². The van der Waals surface area contributed by atoms with Crippen molar-refractivity contribution in [2.45, 2.75) is 64.5 Å². The fourth-order valence-corrected chi connectivity index (χ4v) is 4.64. The van der Waals surface area contributed by atoms with E-state index in [1.54, 1.807) is 12.1 Å². The molecule has 2 aliphatic heterocycles. The number of likely N-dealkylation sites (tertiary alicyclic amines) is 1. The highest BCUT2D eigenvalue weighted by Gasteiger charge is 2.33. The molecule has 0 aliphatic carbocycles. The first-order chi connectivity index (χ1) is 16.2. The Morgan fingerprint density at radius 3 is 2.35 bits per heavy atom. The molecule has 1 saturated heterocycles. The van der Waals surface area contributed by atoms with Crippen LogP contribution in [0.4, 0.5) is 16.2 Å². The second-order valence-electron chi connectivity index (χ2n) is 10.0.